The zero-order chi connectivity index (χ0) is 10.6. The van der Waals surface area contributed by atoms with Crippen LogP contribution in [0.5, 0.6) is 0 Å². The van der Waals surface area contributed by atoms with E-state index in [9.17, 15) is 0 Å². The molecule has 0 aromatic carbocycles. The van der Waals surface area contributed by atoms with E-state index in [1.165, 1.54) is 0 Å². The Hall–Kier alpha value is -0.900. The van der Waals surface area contributed by atoms with E-state index in [0.29, 0.717) is 6.61 Å². The number of ether oxygens (including phenoxy) is 1. The molecule has 3 heteroatoms. The first kappa shape index (κ1) is 13.1. The highest BCUT2D eigenvalue weighted by molar-refractivity contribution is 5.06. The number of allylic oxidation sites excluding steroid dienone is 2. The molecule has 0 saturated heterocycles. The van der Waals surface area contributed by atoms with Crippen molar-refractivity contribution in [1.82, 2.24) is 10.9 Å². The van der Waals surface area contributed by atoms with Gasteiger partial charge in [0.2, 0.25) is 0 Å². The van der Waals surface area contributed by atoms with Crippen LogP contribution in [-0.2, 0) is 4.74 Å². The van der Waals surface area contributed by atoms with Crippen molar-refractivity contribution in [3.8, 4) is 0 Å². The lowest BCUT2D eigenvalue weighted by atomic mass is 10.2. The Labute approximate surface area is 86.5 Å². The van der Waals surface area contributed by atoms with Gasteiger partial charge >= 0.3 is 0 Å². The second kappa shape index (κ2) is 10.2. The second-order valence-corrected chi connectivity index (χ2v) is 2.76. The van der Waals surface area contributed by atoms with Crippen LogP contribution in [0.25, 0.3) is 0 Å². The van der Waals surface area contributed by atoms with Gasteiger partial charge in [-0.05, 0) is 13.5 Å². The maximum absolute atomic E-state index is 4.92. The van der Waals surface area contributed by atoms with Crippen molar-refractivity contribution in [2.24, 2.45) is 0 Å². The molecular weight excluding hydrogens is 176 g/mol. The molecule has 14 heavy (non-hydrogen) atoms. The number of rotatable bonds is 8. The van der Waals surface area contributed by atoms with E-state index in [0.717, 1.165) is 6.42 Å². The summed E-state index contributed by atoms with van der Waals surface area (Å²) in [6.07, 6.45) is 10.9. The van der Waals surface area contributed by atoms with Gasteiger partial charge in [0.1, 0.15) is 0 Å². The average molecular weight is 196 g/mol. The first-order valence-electron chi connectivity index (χ1n) is 4.70. The Kier molecular flexibility index (Phi) is 9.53. The average Bonchev–Trinajstić information content (AvgIpc) is 2.18. The number of hydrazine groups is 1. The van der Waals surface area contributed by atoms with E-state index in [1.54, 1.807) is 7.11 Å². The van der Waals surface area contributed by atoms with Gasteiger partial charge in [0, 0.05) is 7.11 Å². The third-order valence-corrected chi connectivity index (χ3v) is 1.56. The van der Waals surface area contributed by atoms with Crippen molar-refractivity contribution in [2.45, 2.75) is 12.5 Å². The Morgan fingerprint density at radius 3 is 2.64 bits per heavy atom. The summed E-state index contributed by atoms with van der Waals surface area (Å²) in [5.74, 6) is 0. The summed E-state index contributed by atoms with van der Waals surface area (Å²) in [5.41, 5.74) is 5.99. The highest BCUT2D eigenvalue weighted by atomic mass is 16.5. The summed E-state index contributed by atoms with van der Waals surface area (Å²) in [5, 5.41) is 0. The number of methoxy groups -OCH3 is 1. The molecule has 2 N–H and O–H groups in total. The van der Waals surface area contributed by atoms with Crippen molar-refractivity contribution in [3.05, 3.63) is 37.0 Å². The van der Waals surface area contributed by atoms with Crippen molar-refractivity contribution in [3.63, 3.8) is 0 Å². The fraction of sp³-hybridized carbons (Fsp3) is 0.455. The van der Waals surface area contributed by atoms with Gasteiger partial charge < -0.3 is 4.74 Å². The number of nitrogens with one attached hydrogen (secondary N) is 2. The van der Waals surface area contributed by atoms with Crippen LogP contribution in [-0.4, -0.2) is 26.8 Å². The van der Waals surface area contributed by atoms with E-state index >= 15 is 0 Å². The van der Waals surface area contributed by atoms with Crippen LogP contribution in [0.2, 0.25) is 0 Å². The minimum absolute atomic E-state index is 0.190. The van der Waals surface area contributed by atoms with Crippen molar-refractivity contribution in [1.29, 1.82) is 0 Å². The molecule has 0 aliphatic rings. The van der Waals surface area contributed by atoms with Crippen LogP contribution in [0.15, 0.2) is 37.0 Å². The summed E-state index contributed by atoms with van der Waals surface area (Å²) in [4.78, 5) is 0. The van der Waals surface area contributed by atoms with Crippen molar-refractivity contribution < 1.29 is 4.74 Å². The molecule has 3 nitrogen and oxygen atoms in total. The highest BCUT2D eigenvalue weighted by Gasteiger charge is 1.94. The molecule has 0 spiro atoms. The van der Waals surface area contributed by atoms with E-state index in [4.69, 9.17) is 4.74 Å². The molecule has 0 fully saturated rings. The summed E-state index contributed by atoms with van der Waals surface area (Å²) in [6, 6.07) is 0.190. The van der Waals surface area contributed by atoms with E-state index in [2.05, 4.69) is 29.6 Å². The fourth-order valence-corrected chi connectivity index (χ4v) is 0.947. The Morgan fingerprint density at radius 1 is 1.36 bits per heavy atom. The molecule has 0 radical (unpaired) electrons. The quantitative estimate of drug-likeness (QED) is 0.455. The highest BCUT2D eigenvalue weighted by Crippen LogP contribution is 1.92. The predicted octanol–water partition coefficient (Wildman–Crippen LogP) is 1.41. The maximum Gasteiger partial charge on any atom is 0.0644 e. The van der Waals surface area contributed by atoms with Crippen LogP contribution in [0.1, 0.15) is 6.42 Å². The van der Waals surface area contributed by atoms with E-state index < -0.39 is 0 Å². The number of hydrogen-bond donors (Lipinski definition) is 2. The second-order valence-electron chi connectivity index (χ2n) is 2.76. The molecule has 1 atom stereocenters. The maximum atomic E-state index is 4.92. The van der Waals surface area contributed by atoms with Crippen LogP contribution >= 0.6 is 0 Å². The van der Waals surface area contributed by atoms with Gasteiger partial charge in [-0.1, -0.05) is 30.4 Å². The van der Waals surface area contributed by atoms with Gasteiger partial charge in [-0.3, -0.25) is 5.43 Å². The molecule has 0 rings (SSSR count). The minimum atomic E-state index is 0.190. The van der Waals surface area contributed by atoms with Crippen LogP contribution in [0, 0.1) is 0 Å². The van der Waals surface area contributed by atoms with Gasteiger partial charge in [0.05, 0.1) is 12.6 Å². The van der Waals surface area contributed by atoms with Crippen LogP contribution in [0.3, 0.4) is 0 Å². The lowest BCUT2D eigenvalue weighted by Gasteiger charge is -2.08. The zero-order valence-corrected chi connectivity index (χ0v) is 8.99. The van der Waals surface area contributed by atoms with Crippen molar-refractivity contribution in [2.75, 3.05) is 20.8 Å². The standard InChI is InChI=1S/C11H20N2O/c1-4-5-6-8-11(13-12-2)9-7-10-14-3/h4,6-9,11-13H,1,5,10H2,2-3H3/b8-6-,9-7-. The van der Waals surface area contributed by atoms with E-state index in [-0.39, 0.29) is 6.04 Å². The van der Waals surface area contributed by atoms with Gasteiger partial charge in [-0.25, -0.2) is 5.43 Å². The molecular formula is C11H20N2O. The van der Waals surface area contributed by atoms with E-state index in [1.807, 2.05) is 25.3 Å². The van der Waals surface area contributed by atoms with Gasteiger partial charge in [-0.2, -0.15) is 0 Å². The smallest absolute Gasteiger partial charge is 0.0644 e. The summed E-state index contributed by atoms with van der Waals surface area (Å²) < 4.78 is 4.92. The van der Waals surface area contributed by atoms with Crippen LogP contribution < -0.4 is 10.9 Å². The molecule has 0 aromatic rings. The fourth-order valence-electron chi connectivity index (χ4n) is 0.947. The Balaban J connectivity index is 3.93. The first-order chi connectivity index (χ1) is 6.85. The predicted molar refractivity (Wildman–Crippen MR) is 61.0 cm³/mol. The largest absolute Gasteiger partial charge is 0.381 e. The first-order valence-corrected chi connectivity index (χ1v) is 4.70. The van der Waals surface area contributed by atoms with Gasteiger partial charge in [0.25, 0.3) is 0 Å². The lowest BCUT2D eigenvalue weighted by molar-refractivity contribution is 0.233. The molecule has 1 unspecified atom stereocenters. The molecule has 0 aliphatic heterocycles. The monoisotopic (exact) mass is 196 g/mol. The molecule has 0 amide bonds. The molecule has 0 aliphatic carbocycles. The van der Waals surface area contributed by atoms with Gasteiger partial charge in [0.15, 0.2) is 0 Å². The van der Waals surface area contributed by atoms with Gasteiger partial charge in [-0.15, -0.1) is 6.58 Å². The SMILES string of the molecule is C=CC/C=C\C(/C=C\COC)NNC. The lowest BCUT2D eigenvalue weighted by Crippen LogP contribution is -2.35. The van der Waals surface area contributed by atoms with Crippen LogP contribution in [0.4, 0.5) is 0 Å². The number of hydrogen-bond acceptors (Lipinski definition) is 3. The molecule has 80 valence electrons. The normalized spacial score (nSPS) is 13.9. The topological polar surface area (TPSA) is 33.3 Å². The summed E-state index contributed by atoms with van der Waals surface area (Å²) >= 11 is 0. The summed E-state index contributed by atoms with van der Waals surface area (Å²) in [7, 11) is 3.52. The Bertz CT molecular complexity index is 188. The molecule has 0 bridgehead atoms. The zero-order valence-electron chi connectivity index (χ0n) is 8.99. The molecule has 0 saturated carbocycles. The molecule has 0 heterocycles. The minimum Gasteiger partial charge on any atom is -0.381 e. The third kappa shape index (κ3) is 7.73. The van der Waals surface area contributed by atoms with Crippen molar-refractivity contribution >= 4 is 0 Å². The third-order valence-electron chi connectivity index (χ3n) is 1.56. The molecule has 0 aromatic heterocycles. The Morgan fingerprint density at radius 2 is 2.07 bits per heavy atom. The summed E-state index contributed by atoms with van der Waals surface area (Å²) in [6.45, 7) is 4.29.